The molecule has 9 nitrogen and oxygen atoms in total. The van der Waals surface area contributed by atoms with Crippen molar-refractivity contribution in [3.05, 3.63) is 78.4 Å². The van der Waals surface area contributed by atoms with E-state index in [1.165, 1.54) is 43.4 Å². The molecule has 0 unspecified atom stereocenters. The van der Waals surface area contributed by atoms with Gasteiger partial charge in [-0.15, -0.1) is 0 Å². The Morgan fingerprint density at radius 1 is 0.879 bits per heavy atom. The summed E-state index contributed by atoms with van der Waals surface area (Å²) >= 11 is 0. The van der Waals surface area contributed by atoms with Gasteiger partial charge in [0.25, 0.3) is 15.9 Å². The zero-order chi connectivity index (χ0) is 24.0. The Kier molecular flexibility index (Phi) is 7.19. The standard InChI is InChI=1S/C23H23N3O6S/c1-26(23(28)32-3)19-11-7-17(8-12-19)24-22(27)16-5-4-6-21(15-16)33(29,30)25-18-9-13-20(31-2)14-10-18/h4-15,25H,1-3H3,(H,24,27). The highest BCUT2D eigenvalue weighted by molar-refractivity contribution is 7.92. The average Bonchev–Trinajstić information content (AvgIpc) is 2.84. The fourth-order valence-corrected chi connectivity index (χ4v) is 4.00. The van der Waals surface area contributed by atoms with Crippen LogP contribution in [-0.4, -0.2) is 41.7 Å². The smallest absolute Gasteiger partial charge is 0.413 e. The van der Waals surface area contributed by atoms with Crippen LogP contribution in [0.4, 0.5) is 21.9 Å². The highest BCUT2D eigenvalue weighted by Crippen LogP contribution is 2.21. The van der Waals surface area contributed by atoms with E-state index in [9.17, 15) is 18.0 Å². The van der Waals surface area contributed by atoms with Gasteiger partial charge in [-0.1, -0.05) is 6.07 Å². The highest BCUT2D eigenvalue weighted by Gasteiger charge is 2.17. The third kappa shape index (κ3) is 5.80. The largest absolute Gasteiger partial charge is 0.497 e. The Balaban J connectivity index is 1.73. The summed E-state index contributed by atoms with van der Waals surface area (Å²) in [6, 6.07) is 18.7. The van der Waals surface area contributed by atoms with Crippen LogP contribution in [0.25, 0.3) is 0 Å². The van der Waals surface area contributed by atoms with Crippen LogP contribution in [-0.2, 0) is 14.8 Å². The van der Waals surface area contributed by atoms with E-state index in [1.54, 1.807) is 55.6 Å². The number of nitrogens with one attached hydrogen (secondary N) is 2. The van der Waals surface area contributed by atoms with Gasteiger partial charge < -0.3 is 14.8 Å². The van der Waals surface area contributed by atoms with Crippen LogP contribution in [0.5, 0.6) is 5.75 Å². The summed E-state index contributed by atoms with van der Waals surface area (Å²) in [4.78, 5) is 25.5. The summed E-state index contributed by atoms with van der Waals surface area (Å²) in [5, 5.41) is 2.71. The van der Waals surface area contributed by atoms with Crippen molar-refractivity contribution in [2.24, 2.45) is 0 Å². The topological polar surface area (TPSA) is 114 Å². The quantitative estimate of drug-likeness (QED) is 0.542. The average molecular weight is 470 g/mol. The number of benzene rings is 3. The molecular formula is C23H23N3O6S. The van der Waals surface area contributed by atoms with Crippen molar-refractivity contribution in [2.45, 2.75) is 4.90 Å². The van der Waals surface area contributed by atoms with Gasteiger partial charge in [0.15, 0.2) is 0 Å². The molecule has 2 N–H and O–H groups in total. The summed E-state index contributed by atoms with van der Waals surface area (Å²) in [5.41, 5.74) is 1.59. The lowest BCUT2D eigenvalue weighted by atomic mass is 10.2. The third-order valence-corrected chi connectivity index (χ3v) is 6.09. The molecular weight excluding hydrogens is 446 g/mol. The maximum absolute atomic E-state index is 12.8. The van der Waals surface area contributed by atoms with Gasteiger partial charge in [0.2, 0.25) is 0 Å². The number of nitrogens with zero attached hydrogens (tertiary/aromatic N) is 1. The number of anilines is 3. The van der Waals surface area contributed by atoms with Crippen molar-refractivity contribution in [3.63, 3.8) is 0 Å². The second-order valence-electron chi connectivity index (χ2n) is 6.89. The zero-order valence-electron chi connectivity index (χ0n) is 18.2. The maximum atomic E-state index is 12.8. The molecule has 172 valence electrons. The van der Waals surface area contributed by atoms with Crippen LogP contribution in [0, 0.1) is 0 Å². The number of methoxy groups -OCH3 is 2. The number of hydrogen-bond donors (Lipinski definition) is 2. The summed E-state index contributed by atoms with van der Waals surface area (Å²) in [5.74, 6) is 0.118. The highest BCUT2D eigenvalue weighted by atomic mass is 32.2. The van der Waals surface area contributed by atoms with Crippen molar-refractivity contribution in [1.82, 2.24) is 0 Å². The molecule has 0 spiro atoms. The number of ether oxygens (including phenoxy) is 2. The zero-order valence-corrected chi connectivity index (χ0v) is 19.0. The summed E-state index contributed by atoms with van der Waals surface area (Å²) in [6.45, 7) is 0. The van der Waals surface area contributed by atoms with Crippen molar-refractivity contribution in [3.8, 4) is 5.75 Å². The van der Waals surface area contributed by atoms with Gasteiger partial charge in [-0.2, -0.15) is 0 Å². The van der Waals surface area contributed by atoms with E-state index < -0.39 is 22.0 Å². The minimum atomic E-state index is -3.91. The summed E-state index contributed by atoms with van der Waals surface area (Å²) < 4.78 is 37.7. The van der Waals surface area contributed by atoms with E-state index in [-0.39, 0.29) is 10.5 Å². The molecule has 0 aliphatic rings. The third-order valence-electron chi connectivity index (χ3n) is 4.71. The maximum Gasteiger partial charge on any atom is 0.413 e. The van der Waals surface area contributed by atoms with Crippen LogP contribution in [0.2, 0.25) is 0 Å². The second-order valence-corrected chi connectivity index (χ2v) is 8.57. The first-order valence-corrected chi connectivity index (χ1v) is 11.2. The molecule has 0 bridgehead atoms. The van der Waals surface area contributed by atoms with E-state index in [2.05, 4.69) is 14.8 Å². The van der Waals surface area contributed by atoms with Gasteiger partial charge in [0.1, 0.15) is 5.75 Å². The molecule has 0 aromatic heterocycles. The fraction of sp³-hybridized carbons (Fsp3) is 0.130. The molecule has 33 heavy (non-hydrogen) atoms. The Morgan fingerprint density at radius 2 is 1.52 bits per heavy atom. The summed E-state index contributed by atoms with van der Waals surface area (Å²) in [7, 11) is 0.458. The van der Waals surface area contributed by atoms with Crippen molar-refractivity contribution >= 4 is 39.1 Å². The molecule has 2 amide bonds. The van der Waals surface area contributed by atoms with Crippen LogP contribution in [0.3, 0.4) is 0 Å². The first-order chi connectivity index (χ1) is 15.7. The van der Waals surface area contributed by atoms with Gasteiger partial charge in [-0.3, -0.25) is 14.4 Å². The van der Waals surface area contributed by atoms with Crippen LogP contribution in [0.1, 0.15) is 10.4 Å². The lowest BCUT2D eigenvalue weighted by Crippen LogP contribution is -2.25. The molecule has 0 aliphatic heterocycles. The molecule has 0 heterocycles. The number of rotatable bonds is 7. The van der Waals surface area contributed by atoms with Gasteiger partial charge in [0.05, 0.1) is 19.1 Å². The molecule has 3 rings (SSSR count). The number of carbonyl (C=O) groups excluding carboxylic acids is 2. The number of sulfonamides is 1. The Morgan fingerprint density at radius 3 is 2.12 bits per heavy atom. The first kappa shape index (κ1) is 23.6. The molecule has 10 heteroatoms. The molecule has 0 radical (unpaired) electrons. The summed E-state index contributed by atoms with van der Waals surface area (Å²) in [6.07, 6.45) is -0.520. The van der Waals surface area contributed by atoms with Crippen molar-refractivity contribution in [2.75, 3.05) is 36.2 Å². The number of amides is 2. The van der Waals surface area contributed by atoms with Gasteiger partial charge >= 0.3 is 6.09 Å². The second kappa shape index (κ2) is 10.0. The molecule has 0 aliphatic carbocycles. The first-order valence-electron chi connectivity index (χ1n) is 9.73. The minimum Gasteiger partial charge on any atom is -0.497 e. The molecule has 0 saturated heterocycles. The van der Waals surface area contributed by atoms with Crippen molar-refractivity contribution < 1.29 is 27.5 Å². The van der Waals surface area contributed by atoms with Gasteiger partial charge in [-0.25, -0.2) is 13.2 Å². The van der Waals surface area contributed by atoms with E-state index in [1.807, 2.05) is 0 Å². The predicted octanol–water partition coefficient (Wildman–Crippen LogP) is 3.95. The van der Waals surface area contributed by atoms with Crippen molar-refractivity contribution in [1.29, 1.82) is 0 Å². The minimum absolute atomic E-state index is 0.0546. The van der Waals surface area contributed by atoms with Crippen LogP contribution in [0.15, 0.2) is 77.7 Å². The molecule has 3 aromatic carbocycles. The Labute approximate surface area is 192 Å². The van der Waals surface area contributed by atoms with Crippen LogP contribution < -0.4 is 19.7 Å². The normalized spacial score (nSPS) is 10.8. The molecule has 0 saturated carbocycles. The Hall–Kier alpha value is -4.05. The predicted molar refractivity (Wildman–Crippen MR) is 125 cm³/mol. The lowest BCUT2D eigenvalue weighted by Gasteiger charge is -2.16. The van der Waals surface area contributed by atoms with E-state index >= 15 is 0 Å². The van der Waals surface area contributed by atoms with Gasteiger partial charge in [0, 0.05) is 29.7 Å². The van der Waals surface area contributed by atoms with E-state index in [0.29, 0.717) is 22.8 Å². The lowest BCUT2D eigenvalue weighted by molar-refractivity contribution is 0.102. The SMILES string of the molecule is COC(=O)N(C)c1ccc(NC(=O)c2cccc(S(=O)(=O)Nc3ccc(OC)cc3)c2)cc1. The molecule has 0 fully saturated rings. The monoisotopic (exact) mass is 469 g/mol. The number of hydrogen-bond acceptors (Lipinski definition) is 6. The number of carbonyl (C=O) groups is 2. The van der Waals surface area contributed by atoms with Crippen LogP contribution >= 0.6 is 0 Å². The van der Waals surface area contributed by atoms with Gasteiger partial charge in [-0.05, 0) is 66.7 Å². The fourth-order valence-electron chi connectivity index (χ4n) is 2.89. The molecule has 0 atom stereocenters. The van der Waals surface area contributed by atoms with E-state index in [4.69, 9.17) is 4.74 Å². The Bertz CT molecular complexity index is 1240. The molecule has 3 aromatic rings. The van der Waals surface area contributed by atoms with E-state index in [0.717, 1.165) is 0 Å².